The monoisotopic (exact) mass is 330 g/mol. The van der Waals surface area contributed by atoms with Crippen LogP contribution in [-0.4, -0.2) is 0 Å². The van der Waals surface area contributed by atoms with Crippen LogP contribution < -0.4 is 11.3 Å². The summed E-state index contributed by atoms with van der Waals surface area (Å²) >= 11 is 3.20. The molecule has 0 aliphatic rings. The predicted molar refractivity (Wildman–Crippen MR) is 69.6 cm³/mol. The van der Waals surface area contributed by atoms with Gasteiger partial charge in [-0.25, -0.2) is 18.6 Å². The lowest BCUT2D eigenvalue weighted by molar-refractivity contribution is 0.477. The van der Waals surface area contributed by atoms with Gasteiger partial charge in [-0.2, -0.15) is 0 Å². The van der Waals surface area contributed by atoms with Crippen LogP contribution in [0.4, 0.5) is 13.2 Å². The zero-order chi connectivity index (χ0) is 14.0. The summed E-state index contributed by atoms with van der Waals surface area (Å²) in [5.41, 5.74) is 2.37. The average Bonchev–Trinajstić information content (AvgIpc) is 2.39. The van der Waals surface area contributed by atoms with Crippen LogP contribution in [-0.2, 0) is 0 Å². The van der Waals surface area contributed by atoms with Crippen molar-refractivity contribution in [3.63, 3.8) is 0 Å². The molecule has 2 rings (SSSR count). The Morgan fingerprint density at radius 3 is 2.42 bits per heavy atom. The largest absolute Gasteiger partial charge is 0.271 e. The zero-order valence-electron chi connectivity index (χ0n) is 9.63. The van der Waals surface area contributed by atoms with E-state index in [0.717, 1.165) is 6.07 Å². The van der Waals surface area contributed by atoms with Crippen molar-refractivity contribution in [1.29, 1.82) is 0 Å². The van der Waals surface area contributed by atoms with Crippen LogP contribution in [0.2, 0.25) is 0 Å². The Bertz CT molecular complexity index is 602. The van der Waals surface area contributed by atoms with Crippen LogP contribution in [0.15, 0.2) is 40.9 Å². The number of hydrogen-bond acceptors (Lipinski definition) is 2. The highest BCUT2D eigenvalue weighted by atomic mass is 79.9. The second-order valence-corrected chi connectivity index (χ2v) is 4.82. The average molecular weight is 331 g/mol. The van der Waals surface area contributed by atoms with Gasteiger partial charge in [-0.1, -0.05) is 28.1 Å². The van der Waals surface area contributed by atoms with Crippen molar-refractivity contribution in [1.82, 2.24) is 5.43 Å². The molecule has 19 heavy (non-hydrogen) atoms. The van der Waals surface area contributed by atoms with Gasteiger partial charge in [0, 0.05) is 15.6 Å². The lowest BCUT2D eigenvalue weighted by atomic mass is 9.98. The molecule has 2 aromatic rings. The Morgan fingerprint density at radius 2 is 1.74 bits per heavy atom. The van der Waals surface area contributed by atoms with E-state index in [1.54, 1.807) is 0 Å². The normalized spacial score (nSPS) is 12.5. The van der Waals surface area contributed by atoms with E-state index in [1.165, 1.54) is 30.3 Å². The highest BCUT2D eigenvalue weighted by molar-refractivity contribution is 9.10. The van der Waals surface area contributed by atoms with Gasteiger partial charge < -0.3 is 0 Å². The highest BCUT2D eigenvalue weighted by Crippen LogP contribution is 2.28. The Morgan fingerprint density at radius 1 is 1.00 bits per heavy atom. The van der Waals surface area contributed by atoms with Crippen molar-refractivity contribution >= 4 is 15.9 Å². The maximum Gasteiger partial charge on any atom is 0.163 e. The standard InChI is InChI=1S/C13H10BrF3N2/c14-7-4-5-10(15)9(6-7)13(19-18)8-2-1-3-11(16)12(8)17/h1-6,13,19H,18H2. The third-order valence-electron chi connectivity index (χ3n) is 2.73. The SMILES string of the molecule is NNC(c1cc(Br)ccc1F)c1cccc(F)c1F. The van der Waals surface area contributed by atoms with Crippen molar-refractivity contribution in [2.75, 3.05) is 0 Å². The lowest BCUT2D eigenvalue weighted by Gasteiger charge is -2.18. The second kappa shape index (κ2) is 5.73. The first-order chi connectivity index (χ1) is 9.04. The Hall–Kier alpha value is -1.37. The summed E-state index contributed by atoms with van der Waals surface area (Å²) in [6.07, 6.45) is 0. The number of rotatable bonds is 3. The van der Waals surface area contributed by atoms with Crippen molar-refractivity contribution in [3.8, 4) is 0 Å². The highest BCUT2D eigenvalue weighted by Gasteiger charge is 2.21. The number of benzene rings is 2. The molecule has 0 heterocycles. The zero-order valence-corrected chi connectivity index (χ0v) is 11.2. The molecule has 2 nitrogen and oxygen atoms in total. The molecule has 100 valence electrons. The minimum atomic E-state index is -1.05. The van der Waals surface area contributed by atoms with Crippen molar-refractivity contribution in [3.05, 3.63) is 69.4 Å². The quantitative estimate of drug-likeness (QED) is 0.668. The van der Waals surface area contributed by atoms with Crippen LogP contribution in [0.25, 0.3) is 0 Å². The first-order valence-corrected chi connectivity index (χ1v) is 6.19. The molecule has 0 spiro atoms. The summed E-state index contributed by atoms with van der Waals surface area (Å²) in [6, 6.07) is 6.90. The van der Waals surface area contributed by atoms with Gasteiger partial charge in [0.15, 0.2) is 11.6 Å². The van der Waals surface area contributed by atoms with E-state index in [2.05, 4.69) is 21.4 Å². The summed E-state index contributed by atoms with van der Waals surface area (Å²) in [5.74, 6) is 2.74. The number of nitrogens with two attached hydrogens (primary N) is 1. The summed E-state index contributed by atoms with van der Waals surface area (Å²) < 4.78 is 41.4. The molecule has 1 atom stereocenters. The van der Waals surface area contributed by atoms with Gasteiger partial charge in [0.2, 0.25) is 0 Å². The minimum Gasteiger partial charge on any atom is -0.271 e. The van der Waals surface area contributed by atoms with Gasteiger partial charge in [0.25, 0.3) is 0 Å². The topological polar surface area (TPSA) is 38.0 Å². The molecule has 0 aliphatic carbocycles. The maximum absolute atomic E-state index is 13.8. The van der Waals surface area contributed by atoms with E-state index in [9.17, 15) is 13.2 Å². The summed E-state index contributed by atoms with van der Waals surface area (Å²) in [7, 11) is 0. The Balaban J connectivity index is 2.56. The van der Waals surface area contributed by atoms with E-state index in [4.69, 9.17) is 5.84 Å². The molecular weight excluding hydrogens is 321 g/mol. The van der Waals surface area contributed by atoms with E-state index in [0.29, 0.717) is 4.47 Å². The van der Waals surface area contributed by atoms with E-state index < -0.39 is 23.5 Å². The third kappa shape index (κ3) is 2.80. The molecule has 0 bridgehead atoms. The fourth-order valence-corrected chi connectivity index (χ4v) is 2.21. The smallest absolute Gasteiger partial charge is 0.163 e. The van der Waals surface area contributed by atoms with E-state index >= 15 is 0 Å². The van der Waals surface area contributed by atoms with Crippen LogP contribution in [0.1, 0.15) is 17.2 Å². The van der Waals surface area contributed by atoms with Crippen molar-refractivity contribution < 1.29 is 13.2 Å². The summed E-state index contributed by atoms with van der Waals surface area (Å²) in [6.45, 7) is 0. The molecule has 2 aromatic carbocycles. The fraction of sp³-hybridized carbons (Fsp3) is 0.0769. The second-order valence-electron chi connectivity index (χ2n) is 3.91. The van der Waals surface area contributed by atoms with Gasteiger partial charge in [-0.3, -0.25) is 5.84 Å². The predicted octanol–water partition coefficient (Wildman–Crippen LogP) is 3.42. The molecule has 0 amide bonds. The van der Waals surface area contributed by atoms with E-state index in [1.807, 2.05) is 0 Å². The van der Waals surface area contributed by atoms with Gasteiger partial charge >= 0.3 is 0 Å². The van der Waals surface area contributed by atoms with Crippen LogP contribution in [0.5, 0.6) is 0 Å². The molecular formula is C13H10BrF3N2. The molecule has 0 aliphatic heterocycles. The molecule has 1 unspecified atom stereocenters. The Labute approximate surface area is 116 Å². The first-order valence-electron chi connectivity index (χ1n) is 5.39. The van der Waals surface area contributed by atoms with Gasteiger partial charge in [-0.05, 0) is 24.3 Å². The molecule has 0 saturated heterocycles. The van der Waals surface area contributed by atoms with Crippen molar-refractivity contribution in [2.45, 2.75) is 6.04 Å². The first kappa shape index (κ1) is 14.0. The minimum absolute atomic E-state index is 0.0560. The fourth-order valence-electron chi connectivity index (χ4n) is 1.83. The van der Waals surface area contributed by atoms with Gasteiger partial charge in [0.05, 0.1) is 6.04 Å². The van der Waals surface area contributed by atoms with E-state index in [-0.39, 0.29) is 11.1 Å². The molecule has 0 radical (unpaired) electrons. The molecule has 6 heteroatoms. The summed E-state index contributed by atoms with van der Waals surface area (Å²) in [5, 5.41) is 0. The molecule has 0 aromatic heterocycles. The maximum atomic E-state index is 13.8. The number of nitrogens with one attached hydrogen (secondary N) is 1. The van der Waals surface area contributed by atoms with Crippen LogP contribution in [0.3, 0.4) is 0 Å². The van der Waals surface area contributed by atoms with Crippen LogP contribution in [0, 0.1) is 17.5 Å². The Kier molecular flexibility index (Phi) is 4.24. The van der Waals surface area contributed by atoms with Gasteiger partial charge in [0.1, 0.15) is 5.82 Å². The molecule has 0 saturated carbocycles. The molecule has 0 fully saturated rings. The lowest BCUT2D eigenvalue weighted by Crippen LogP contribution is -2.30. The number of hydrogen-bond donors (Lipinski definition) is 2. The number of hydrazine groups is 1. The van der Waals surface area contributed by atoms with Crippen LogP contribution >= 0.6 is 15.9 Å². The number of halogens is 4. The van der Waals surface area contributed by atoms with Gasteiger partial charge in [-0.15, -0.1) is 0 Å². The third-order valence-corrected chi connectivity index (χ3v) is 3.22. The van der Waals surface area contributed by atoms with Crippen molar-refractivity contribution in [2.24, 2.45) is 5.84 Å². The summed E-state index contributed by atoms with van der Waals surface area (Å²) in [4.78, 5) is 0. The molecule has 3 N–H and O–H groups in total.